The zero-order valence-corrected chi connectivity index (χ0v) is 13.6. The molecule has 0 spiro atoms. The molecule has 0 bridgehead atoms. The van der Waals surface area contributed by atoms with Crippen molar-refractivity contribution in [1.29, 1.82) is 0 Å². The molecule has 0 aliphatic carbocycles. The number of benzene rings is 1. The van der Waals surface area contributed by atoms with E-state index in [-0.39, 0.29) is 41.3 Å². The van der Waals surface area contributed by atoms with E-state index in [2.05, 4.69) is 11.8 Å². The first-order valence-corrected chi connectivity index (χ1v) is 8.66. The second-order valence-corrected chi connectivity index (χ2v) is 7.14. The molecule has 1 aromatic carbocycles. The predicted molar refractivity (Wildman–Crippen MR) is 93.8 cm³/mol. The largest absolute Gasteiger partial charge is 0.477 e. The van der Waals surface area contributed by atoms with E-state index in [1.165, 1.54) is 0 Å². The number of nitrogens with zero attached hydrogens (tertiary/aromatic N) is 2. The van der Waals surface area contributed by atoms with Crippen LogP contribution in [0.1, 0.15) is 49.0 Å². The number of carboxylic acids is 1. The molecule has 4 nitrogen and oxygen atoms in total. The molecule has 2 aromatic rings. The zero-order valence-electron chi connectivity index (χ0n) is 17.6. The lowest BCUT2D eigenvalue weighted by atomic mass is 9.66. The number of carbonyl (C=O) groups is 1. The molecule has 1 aromatic heterocycles. The fourth-order valence-electron chi connectivity index (χ4n) is 5.17. The highest BCUT2D eigenvalue weighted by molar-refractivity contribution is 6.12. The van der Waals surface area contributed by atoms with Crippen LogP contribution in [0.15, 0.2) is 30.2 Å². The van der Waals surface area contributed by atoms with Gasteiger partial charge in [0, 0.05) is 23.0 Å². The van der Waals surface area contributed by atoms with Gasteiger partial charge in [-0.2, -0.15) is 0 Å². The van der Waals surface area contributed by atoms with Gasteiger partial charge in [-0.25, -0.2) is 4.79 Å². The Balaban J connectivity index is 1.99. The lowest BCUT2D eigenvalue weighted by Crippen LogP contribution is -2.51. The summed E-state index contributed by atoms with van der Waals surface area (Å²) in [5.41, 5.74) is 1.92. The van der Waals surface area contributed by atoms with E-state index in [0.717, 1.165) is 43.6 Å². The van der Waals surface area contributed by atoms with Crippen molar-refractivity contribution in [2.75, 3.05) is 13.1 Å². The highest BCUT2D eigenvalue weighted by Gasteiger charge is 2.50. The van der Waals surface area contributed by atoms with Gasteiger partial charge in [0.05, 0.1) is 17.0 Å². The molecule has 0 saturated carbocycles. The van der Waals surface area contributed by atoms with Crippen LogP contribution in [0.25, 0.3) is 16.6 Å². The first-order valence-electron chi connectivity index (χ1n) is 10.7. The van der Waals surface area contributed by atoms with E-state index in [1.54, 1.807) is 4.57 Å². The van der Waals surface area contributed by atoms with Crippen LogP contribution < -0.4 is 0 Å². The summed E-state index contributed by atoms with van der Waals surface area (Å²) >= 11 is 0. The van der Waals surface area contributed by atoms with E-state index in [0.29, 0.717) is 17.3 Å². The Morgan fingerprint density at radius 2 is 2.25 bits per heavy atom. The molecule has 0 radical (unpaired) electrons. The molecule has 3 aliphatic heterocycles. The van der Waals surface area contributed by atoms with Crippen LogP contribution >= 0.6 is 0 Å². The van der Waals surface area contributed by atoms with E-state index in [4.69, 9.17) is 5.48 Å². The Morgan fingerprint density at radius 3 is 3.04 bits per heavy atom. The van der Waals surface area contributed by atoms with Gasteiger partial charge in [-0.3, -0.25) is 4.90 Å². The van der Waals surface area contributed by atoms with Crippen LogP contribution in [0.4, 0.5) is 0 Å². The topological polar surface area (TPSA) is 45.5 Å². The van der Waals surface area contributed by atoms with Crippen LogP contribution in [-0.4, -0.2) is 33.6 Å². The van der Waals surface area contributed by atoms with Crippen molar-refractivity contribution in [3.63, 3.8) is 0 Å². The second-order valence-electron chi connectivity index (χ2n) is 7.14. The minimum absolute atomic E-state index is 0.0210. The van der Waals surface area contributed by atoms with E-state index in [1.807, 2.05) is 6.08 Å². The smallest absolute Gasteiger partial charge is 0.352 e. The van der Waals surface area contributed by atoms with Crippen molar-refractivity contribution in [3.05, 3.63) is 41.5 Å². The maximum Gasteiger partial charge on any atom is 0.352 e. The Bertz CT molecular complexity index is 1090. The SMILES string of the molecule is [2H]c1c([2H])c([2H])c2c(c1[2H])c1c3n2C(C(=O)O)=C[C@]2(CC)CCCN(CC1)[C@H]32. The lowest BCUT2D eigenvalue weighted by molar-refractivity contribution is -0.131. The summed E-state index contributed by atoms with van der Waals surface area (Å²) in [7, 11) is 0. The second kappa shape index (κ2) is 4.73. The molecule has 3 aliphatic rings. The van der Waals surface area contributed by atoms with Crippen LogP contribution in [0.2, 0.25) is 0 Å². The average molecular weight is 326 g/mol. The third kappa shape index (κ3) is 1.59. The van der Waals surface area contributed by atoms with Gasteiger partial charge in [-0.1, -0.05) is 25.1 Å². The van der Waals surface area contributed by atoms with E-state index in [9.17, 15) is 9.90 Å². The zero-order chi connectivity index (χ0) is 20.0. The Hall–Kier alpha value is -2.07. The third-order valence-corrected chi connectivity index (χ3v) is 6.19. The van der Waals surface area contributed by atoms with Crippen LogP contribution in [0, 0.1) is 5.41 Å². The molecule has 1 saturated heterocycles. The first kappa shape index (κ1) is 10.7. The van der Waals surface area contributed by atoms with Crippen molar-refractivity contribution in [1.82, 2.24) is 9.47 Å². The highest BCUT2D eigenvalue weighted by Crippen LogP contribution is 2.56. The molecule has 1 N–H and O–H groups in total. The van der Waals surface area contributed by atoms with Gasteiger partial charge in [0.2, 0.25) is 0 Å². The van der Waals surface area contributed by atoms with Crippen molar-refractivity contribution in [2.45, 2.75) is 38.6 Å². The Morgan fingerprint density at radius 1 is 1.42 bits per heavy atom. The number of hydrogen-bond donors (Lipinski definition) is 1. The first-order chi connectivity index (χ1) is 13.3. The van der Waals surface area contributed by atoms with Gasteiger partial charge in [0.15, 0.2) is 0 Å². The normalized spacial score (nSPS) is 30.9. The molecule has 2 atom stereocenters. The molecular weight excluding hydrogens is 300 g/mol. The number of para-hydroxylation sites is 1. The molecule has 0 amide bonds. The number of fused-ring (bicyclic) bond motifs is 3. The number of rotatable bonds is 2. The summed E-state index contributed by atoms with van der Waals surface area (Å²) in [5.74, 6) is -1.05. The van der Waals surface area contributed by atoms with Crippen molar-refractivity contribution in [2.24, 2.45) is 5.41 Å². The summed E-state index contributed by atoms with van der Waals surface area (Å²) in [4.78, 5) is 14.7. The number of carboxylic acid groups (broad SMARTS) is 1. The number of aromatic nitrogens is 1. The van der Waals surface area contributed by atoms with Crippen LogP contribution in [0.3, 0.4) is 0 Å². The molecule has 5 rings (SSSR count). The molecular formula is C20H22N2O2. The number of aliphatic carboxylic acids is 1. The maximum atomic E-state index is 12.3. The van der Waals surface area contributed by atoms with Gasteiger partial charge in [-0.05, 0) is 49.9 Å². The summed E-state index contributed by atoms with van der Waals surface area (Å²) in [6.07, 6.45) is 5.29. The molecule has 4 heteroatoms. The number of piperidine rings is 1. The summed E-state index contributed by atoms with van der Waals surface area (Å²) in [6.45, 7) is 3.89. The average Bonchev–Trinajstić information content (AvgIpc) is 3.04. The standard InChI is InChI=1S/C20H22N2O2/c1-2-20-9-5-10-21-11-8-14-13-6-3-4-7-15(13)22(17(14)18(20)21)16(12-20)19(23)24/h3-4,6-7,12,18H,2,5,8-11H2,1H3,(H,23,24)/t18-,20+/m1/s1/i3D,4D,6D,7D. The quantitative estimate of drug-likeness (QED) is 0.916. The van der Waals surface area contributed by atoms with Gasteiger partial charge in [-0.15, -0.1) is 0 Å². The van der Waals surface area contributed by atoms with Crippen LogP contribution in [0.5, 0.6) is 0 Å². The van der Waals surface area contributed by atoms with Crippen LogP contribution in [-0.2, 0) is 11.2 Å². The van der Waals surface area contributed by atoms with Crippen molar-refractivity contribution < 1.29 is 15.4 Å². The van der Waals surface area contributed by atoms with Crippen molar-refractivity contribution in [3.8, 4) is 0 Å². The Kier molecular flexibility index (Phi) is 2.11. The molecule has 4 heterocycles. The predicted octanol–water partition coefficient (Wildman–Crippen LogP) is 3.67. The molecule has 24 heavy (non-hydrogen) atoms. The molecule has 1 fully saturated rings. The lowest BCUT2D eigenvalue weighted by Gasteiger charge is -2.53. The van der Waals surface area contributed by atoms with Gasteiger partial charge < -0.3 is 9.67 Å². The number of hydrogen-bond acceptors (Lipinski definition) is 2. The monoisotopic (exact) mass is 326 g/mol. The minimum atomic E-state index is -1.05. The summed E-state index contributed by atoms with van der Waals surface area (Å²) < 4.78 is 34.8. The van der Waals surface area contributed by atoms with Gasteiger partial charge in [0.25, 0.3) is 0 Å². The molecule has 0 unspecified atom stereocenters. The fourth-order valence-corrected chi connectivity index (χ4v) is 5.17. The maximum absolute atomic E-state index is 12.3. The fraction of sp³-hybridized carbons (Fsp3) is 0.450. The van der Waals surface area contributed by atoms with E-state index < -0.39 is 5.97 Å². The highest BCUT2D eigenvalue weighted by atomic mass is 16.4. The van der Waals surface area contributed by atoms with Gasteiger partial charge in [0.1, 0.15) is 5.70 Å². The van der Waals surface area contributed by atoms with Gasteiger partial charge >= 0.3 is 5.97 Å². The molecule has 124 valence electrons. The summed E-state index contributed by atoms with van der Waals surface area (Å²) in [5, 5.41) is 10.5. The summed E-state index contributed by atoms with van der Waals surface area (Å²) in [6, 6.07) is -0.785. The Labute approximate surface area is 147 Å². The van der Waals surface area contributed by atoms with E-state index >= 15 is 0 Å². The minimum Gasteiger partial charge on any atom is -0.477 e. The van der Waals surface area contributed by atoms with Crippen molar-refractivity contribution >= 4 is 22.6 Å². The third-order valence-electron chi connectivity index (χ3n) is 6.19.